The van der Waals surface area contributed by atoms with Crippen LogP contribution in [0.2, 0.25) is 0 Å². The third-order valence-corrected chi connectivity index (χ3v) is 4.24. The molecule has 1 amide bonds. The molecule has 2 aromatic carbocycles. The Morgan fingerprint density at radius 3 is 2.76 bits per heavy atom. The molecule has 0 radical (unpaired) electrons. The SMILES string of the molecule is CCCCOc1ccccc1-c1cc(C(=O)N/N=C/c2ccc(OC)cc2)[nH]n1. The Kier molecular flexibility index (Phi) is 7.00. The lowest BCUT2D eigenvalue weighted by Crippen LogP contribution is -2.17. The number of ether oxygens (including phenoxy) is 2. The van der Waals surface area contributed by atoms with E-state index in [0.29, 0.717) is 18.0 Å². The van der Waals surface area contributed by atoms with Crippen LogP contribution in [0.4, 0.5) is 0 Å². The van der Waals surface area contributed by atoms with Gasteiger partial charge in [-0.2, -0.15) is 10.2 Å². The molecule has 3 aromatic rings. The average Bonchev–Trinajstić information content (AvgIpc) is 3.25. The van der Waals surface area contributed by atoms with Crippen molar-refractivity contribution in [2.75, 3.05) is 13.7 Å². The highest BCUT2D eigenvalue weighted by Crippen LogP contribution is 2.28. The molecule has 0 saturated carbocycles. The Morgan fingerprint density at radius 2 is 2.00 bits per heavy atom. The summed E-state index contributed by atoms with van der Waals surface area (Å²) in [6.45, 7) is 2.76. The number of nitrogens with one attached hydrogen (secondary N) is 2. The van der Waals surface area contributed by atoms with E-state index in [0.717, 1.165) is 35.5 Å². The number of methoxy groups -OCH3 is 1. The molecule has 29 heavy (non-hydrogen) atoms. The van der Waals surface area contributed by atoms with E-state index in [4.69, 9.17) is 9.47 Å². The summed E-state index contributed by atoms with van der Waals surface area (Å²) in [5.41, 5.74) is 5.13. The van der Waals surface area contributed by atoms with Crippen LogP contribution < -0.4 is 14.9 Å². The number of carbonyl (C=O) groups excluding carboxylic acids is 1. The number of hydrazone groups is 1. The monoisotopic (exact) mass is 392 g/mol. The first kappa shape index (κ1) is 20.1. The van der Waals surface area contributed by atoms with E-state index in [9.17, 15) is 4.79 Å². The van der Waals surface area contributed by atoms with Gasteiger partial charge in [-0.15, -0.1) is 0 Å². The second-order valence-corrected chi connectivity index (χ2v) is 6.34. The van der Waals surface area contributed by atoms with Crippen molar-refractivity contribution in [1.82, 2.24) is 15.6 Å². The number of rotatable bonds is 9. The summed E-state index contributed by atoms with van der Waals surface area (Å²) < 4.78 is 11.0. The van der Waals surface area contributed by atoms with Crippen LogP contribution in [0.3, 0.4) is 0 Å². The molecule has 0 saturated heterocycles. The van der Waals surface area contributed by atoms with Crippen molar-refractivity contribution < 1.29 is 14.3 Å². The quantitative estimate of drug-likeness (QED) is 0.327. The number of carbonyl (C=O) groups is 1. The summed E-state index contributed by atoms with van der Waals surface area (Å²) in [4.78, 5) is 12.3. The zero-order valence-corrected chi connectivity index (χ0v) is 16.5. The van der Waals surface area contributed by atoms with Crippen molar-refractivity contribution in [3.63, 3.8) is 0 Å². The van der Waals surface area contributed by atoms with E-state index in [1.165, 1.54) is 0 Å². The number of aromatic nitrogens is 2. The molecule has 0 spiro atoms. The lowest BCUT2D eigenvalue weighted by Gasteiger charge is -2.09. The summed E-state index contributed by atoms with van der Waals surface area (Å²) in [5, 5.41) is 11.0. The van der Waals surface area contributed by atoms with Crippen LogP contribution in [0.25, 0.3) is 11.3 Å². The highest BCUT2D eigenvalue weighted by atomic mass is 16.5. The topological polar surface area (TPSA) is 88.6 Å². The van der Waals surface area contributed by atoms with Crippen LogP contribution in [-0.4, -0.2) is 36.0 Å². The van der Waals surface area contributed by atoms with Gasteiger partial charge in [-0.3, -0.25) is 9.89 Å². The van der Waals surface area contributed by atoms with Crippen molar-refractivity contribution in [3.8, 4) is 22.8 Å². The largest absolute Gasteiger partial charge is 0.497 e. The average molecular weight is 392 g/mol. The molecule has 150 valence electrons. The minimum Gasteiger partial charge on any atom is -0.497 e. The molecule has 0 fully saturated rings. The van der Waals surface area contributed by atoms with Crippen molar-refractivity contribution in [2.24, 2.45) is 5.10 Å². The number of unbranched alkanes of at least 4 members (excludes halogenated alkanes) is 1. The maximum Gasteiger partial charge on any atom is 0.289 e. The number of para-hydroxylation sites is 1. The van der Waals surface area contributed by atoms with Crippen molar-refractivity contribution in [2.45, 2.75) is 19.8 Å². The predicted octanol–water partition coefficient (Wildman–Crippen LogP) is 4.03. The molecule has 1 heterocycles. The smallest absolute Gasteiger partial charge is 0.289 e. The normalized spacial score (nSPS) is 10.8. The molecule has 7 nitrogen and oxygen atoms in total. The van der Waals surface area contributed by atoms with Crippen LogP contribution in [0.1, 0.15) is 35.8 Å². The molecule has 7 heteroatoms. The summed E-state index contributed by atoms with van der Waals surface area (Å²) in [7, 11) is 1.61. The maximum atomic E-state index is 12.3. The third-order valence-electron chi connectivity index (χ3n) is 4.24. The maximum absolute atomic E-state index is 12.3. The van der Waals surface area contributed by atoms with E-state index < -0.39 is 0 Å². The number of aromatic amines is 1. The first-order valence-electron chi connectivity index (χ1n) is 9.46. The van der Waals surface area contributed by atoms with Crippen LogP contribution >= 0.6 is 0 Å². The van der Waals surface area contributed by atoms with E-state index >= 15 is 0 Å². The van der Waals surface area contributed by atoms with Crippen LogP contribution in [0.15, 0.2) is 59.7 Å². The molecule has 0 unspecified atom stereocenters. The van der Waals surface area contributed by atoms with E-state index in [2.05, 4.69) is 27.6 Å². The molecule has 3 rings (SSSR count). The summed E-state index contributed by atoms with van der Waals surface area (Å²) in [6.07, 6.45) is 3.60. The number of amides is 1. The molecule has 0 aliphatic rings. The van der Waals surface area contributed by atoms with E-state index in [1.807, 2.05) is 48.5 Å². The number of benzene rings is 2. The van der Waals surface area contributed by atoms with Gasteiger partial charge in [-0.1, -0.05) is 25.5 Å². The molecule has 0 bridgehead atoms. The number of nitrogens with zero attached hydrogens (tertiary/aromatic N) is 2. The number of hydrogen-bond donors (Lipinski definition) is 2. The molecule has 1 aromatic heterocycles. The molecular weight excluding hydrogens is 368 g/mol. The Hall–Kier alpha value is -3.61. The van der Waals surface area contributed by atoms with Crippen LogP contribution in [-0.2, 0) is 0 Å². The van der Waals surface area contributed by atoms with Gasteiger partial charge in [0.2, 0.25) is 0 Å². The first-order valence-corrected chi connectivity index (χ1v) is 9.46. The van der Waals surface area contributed by atoms with Gasteiger partial charge in [0.1, 0.15) is 17.2 Å². The van der Waals surface area contributed by atoms with Gasteiger partial charge in [-0.25, -0.2) is 5.43 Å². The second kappa shape index (κ2) is 10.1. The molecular formula is C22H24N4O3. The standard InChI is InChI=1S/C22H24N4O3/c1-3-4-13-29-21-8-6-5-7-18(21)19-14-20(25-24-19)22(27)26-23-15-16-9-11-17(28-2)12-10-16/h5-12,14-15H,3-4,13H2,1-2H3,(H,24,25)(H,26,27)/b23-15+. The van der Waals surface area contributed by atoms with Gasteiger partial charge in [0.15, 0.2) is 0 Å². The van der Waals surface area contributed by atoms with E-state index in [1.54, 1.807) is 19.4 Å². The number of H-pyrrole nitrogens is 1. The first-order chi connectivity index (χ1) is 14.2. The zero-order chi connectivity index (χ0) is 20.5. The molecule has 0 aliphatic carbocycles. The number of hydrogen-bond acceptors (Lipinski definition) is 5. The van der Waals surface area contributed by atoms with Gasteiger partial charge in [0.25, 0.3) is 5.91 Å². The van der Waals surface area contributed by atoms with Crippen molar-refractivity contribution in [1.29, 1.82) is 0 Å². The van der Waals surface area contributed by atoms with Gasteiger partial charge >= 0.3 is 0 Å². The fourth-order valence-electron chi connectivity index (χ4n) is 2.62. The fraction of sp³-hybridized carbons (Fsp3) is 0.227. The molecule has 0 atom stereocenters. The van der Waals surface area contributed by atoms with Crippen molar-refractivity contribution >= 4 is 12.1 Å². The Bertz CT molecular complexity index is 964. The van der Waals surface area contributed by atoms with Gasteiger partial charge < -0.3 is 9.47 Å². The minimum atomic E-state index is -0.377. The Balaban J connectivity index is 1.65. The summed E-state index contributed by atoms with van der Waals surface area (Å²) >= 11 is 0. The van der Waals surface area contributed by atoms with E-state index in [-0.39, 0.29) is 5.91 Å². The summed E-state index contributed by atoms with van der Waals surface area (Å²) in [6, 6.07) is 16.7. The second-order valence-electron chi connectivity index (χ2n) is 6.34. The third kappa shape index (κ3) is 5.44. The molecule has 2 N–H and O–H groups in total. The Labute approximate surface area is 169 Å². The Morgan fingerprint density at radius 1 is 1.21 bits per heavy atom. The molecule has 0 aliphatic heterocycles. The highest BCUT2D eigenvalue weighted by Gasteiger charge is 2.13. The highest BCUT2D eigenvalue weighted by molar-refractivity contribution is 5.94. The van der Waals surface area contributed by atoms with Crippen LogP contribution in [0, 0.1) is 0 Å². The lowest BCUT2D eigenvalue weighted by molar-refractivity contribution is 0.0950. The van der Waals surface area contributed by atoms with Gasteiger partial charge in [0, 0.05) is 5.56 Å². The predicted molar refractivity (Wildman–Crippen MR) is 112 cm³/mol. The van der Waals surface area contributed by atoms with Crippen molar-refractivity contribution in [3.05, 3.63) is 65.9 Å². The lowest BCUT2D eigenvalue weighted by atomic mass is 10.1. The summed E-state index contributed by atoms with van der Waals surface area (Å²) in [5.74, 6) is 1.13. The van der Waals surface area contributed by atoms with Gasteiger partial charge in [0.05, 0.1) is 25.6 Å². The van der Waals surface area contributed by atoms with Gasteiger partial charge in [-0.05, 0) is 54.4 Å². The van der Waals surface area contributed by atoms with Crippen LogP contribution in [0.5, 0.6) is 11.5 Å². The minimum absolute atomic E-state index is 0.315. The fourth-order valence-corrected chi connectivity index (χ4v) is 2.62. The zero-order valence-electron chi connectivity index (χ0n) is 16.5.